The van der Waals surface area contributed by atoms with Gasteiger partial charge in [0, 0.05) is 32.2 Å². The number of hydrogen-bond donors (Lipinski definition) is 0. The van der Waals surface area contributed by atoms with Crippen LogP contribution in [0.4, 0.5) is 0 Å². The quantitative estimate of drug-likeness (QED) is 0.456. The molecule has 3 aliphatic heterocycles. The summed E-state index contributed by atoms with van der Waals surface area (Å²) in [5.41, 5.74) is 2.57. The van der Waals surface area contributed by atoms with Crippen molar-refractivity contribution in [2.45, 2.75) is 94.5 Å². The highest BCUT2D eigenvalue weighted by molar-refractivity contribution is 6.10. The van der Waals surface area contributed by atoms with Crippen LogP contribution < -0.4 is 0 Å². The zero-order valence-corrected chi connectivity index (χ0v) is 22.1. The summed E-state index contributed by atoms with van der Waals surface area (Å²) in [5.74, 6) is 1.99. The summed E-state index contributed by atoms with van der Waals surface area (Å²) in [6.45, 7) is 2.26. The Morgan fingerprint density at radius 1 is 1.05 bits per heavy atom. The highest BCUT2D eigenvalue weighted by Crippen LogP contribution is 2.60. The van der Waals surface area contributed by atoms with E-state index in [1.807, 2.05) is 4.90 Å². The fourth-order valence-electron chi connectivity index (χ4n) is 7.23. The Labute approximate surface area is 220 Å². The zero-order valence-electron chi connectivity index (χ0n) is 22.1. The van der Waals surface area contributed by atoms with E-state index in [4.69, 9.17) is 19.2 Å². The minimum atomic E-state index is -0.882. The highest BCUT2D eigenvalue weighted by Gasteiger charge is 2.66. The fourth-order valence-corrected chi connectivity index (χ4v) is 7.23. The van der Waals surface area contributed by atoms with Gasteiger partial charge in [-0.3, -0.25) is 9.69 Å². The van der Waals surface area contributed by atoms with Gasteiger partial charge >= 0.3 is 0 Å². The monoisotopic (exact) mass is 504 g/mol. The van der Waals surface area contributed by atoms with Crippen LogP contribution in [0.15, 0.2) is 35.3 Å². The van der Waals surface area contributed by atoms with Crippen molar-refractivity contribution in [3.8, 4) is 0 Å². The summed E-state index contributed by atoms with van der Waals surface area (Å²) in [6.07, 6.45) is 16.6. The topological polar surface area (TPSA) is 60.4 Å². The van der Waals surface area contributed by atoms with Crippen LogP contribution in [0.3, 0.4) is 0 Å². The number of aryl methyl sites for hydroxylation is 1. The number of amides is 1. The Morgan fingerprint density at radius 3 is 2.51 bits per heavy atom. The maximum atomic E-state index is 14.8. The lowest BCUT2D eigenvalue weighted by atomic mass is 9.64. The zero-order chi connectivity index (χ0) is 25.0. The second-order valence-electron chi connectivity index (χ2n) is 12.2. The Morgan fingerprint density at radius 2 is 1.86 bits per heavy atom. The number of carbonyl (C=O) groups is 1. The number of rotatable bonds is 9. The van der Waals surface area contributed by atoms with Gasteiger partial charge in [0.15, 0.2) is 5.54 Å². The van der Waals surface area contributed by atoms with Crippen molar-refractivity contribution < 1.29 is 19.0 Å². The van der Waals surface area contributed by atoms with Crippen molar-refractivity contribution in [3.63, 3.8) is 0 Å². The number of aliphatic imine (C=N–C) groups is 1. The van der Waals surface area contributed by atoms with Crippen LogP contribution in [0.1, 0.15) is 74.5 Å². The predicted molar refractivity (Wildman–Crippen MR) is 142 cm³/mol. The molecule has 1 amide bonds. The molecule has 198 valence electrons. The van der Waals surface area contributed by atoms with E-state index in [1.54, 1.807) is 7.11 Å². The normalized spacial score (nSPS) is 36.1. The summed E-state index contributed by atoms with van der Waals surface area (Å²) >= 11 is 0. The maximum absolute atomic E-state index is 14.8. The molecule has 3 heterocycles. The van der Waals surface area contributed by atoms with Gasteiger partial charge in [0.2, 0.25) is 0 Å². The first-order valence-electron chi connectivity index (χ1n) is 14.6. The van der Waals surface area contributed by atoms with Crippen molar-refractivity contribution in [2.24, 2.45) is 16.3 Å². The number of nitrogens with zero attached hydrogens (tertiary/aromatic N) is 2. The third-order valence-electron chi connectivity index (χ3n) is 9.96. The molecule has 6 aliphatic rings. The number of benzene rings is 1. The lowest BCUT2D eigenvalue weighted by Crippen LogP contribution is -2.52. The highest BCUT2D eigenvalue weighted by atomic mass is 16.5. The number of fused-ring (bicyclic) bond motifs is 3. The van der Waals surface area contributed by atoms with Crippen molar-refractivity contribution in [1.29, 1.82) is 0 Å². The average Bonchev–Trinajstić information content (AvgIpc) is 3.60. The van der Waals surface area contributed by atoms with E-state index in [0.717, 1.165) is 81.9 Å². The summed E-state index contributed by atoms with van der Waals surface area (Å²) in [6, 6.07) is 6.95. The molecule has 0 aromatic heterocycles. The Hall–Kier alpha value is -2.02. The summed E-state index contributed by atoms with van der Waals surface area (Å²) in [4.78, 5) is 22.3. The number of hydrogen-bond acceptors (Lipinski definition) is 5. The Bertz CT molecular complexity index is 1120. The van der Waals surface area contributed by atoms with Crippen molar-refractivity contribution in [2.75, 3.05) is 26.9 Å². The Kier molecular flexibility index (Phi) is 6.06. The van der Waals surface area contributed by atoms with Crippen molar-refractivity contribution in [1.82, 2.24) is 4.90 Å². The SMILES string of the molecule is COC1C=CC2(CC1)Cc1ccc(CCC3CC3)cc1C21N=C(CCC2CCO2)N(CC2CCO2)C1=O. The van der Waals surface area contributed by atoms with E-state index in [9.17, 15) is 4.79 Å². The van der Waals surface area contributed by atoms with Gasteiger partial charge in [0.05, 0.1) is 24.9 Å². The van der Waals surface area contributed by atoms with Crippen LogP contribution in [0, 0.1) is 11.3 Å². The molecule has 1 aromatic carbocycles. The first-order chi connectivity index (χ1) is 18.1. The molecule has 2 saturated heterocycles. The molecule has 5 unspecified atom stereocenters. The van der Waals surface area contributed by atoms with Gasteiger partial charge in [0.25, 0.3) is 5.91 Å². The van der Waals surface area contributed by atoms with Crippen molar-refractivity contribution >= 4 is 11.7 Å². The van der Waals surface area contributed by atoms with E-state index >= 15 is 0 Å². The van der Waals surface area contributed by atoms with Crippen LogP contribution in [0.5, 0.6) is 0 Å². The van der Waals surface area contributed by atoms with Crippen molar-refractivity contribution in [3.05, 3.63) is 47.0 Å². The minimum absolute atomic E-state index is 0.107. The summed E-state index contributed by atoms with van der Waals surface area (Å²) in [5, 5.41) is 0. The average molecular weight is 505 g/mol. The van der Waals surface area contributed by atoms with Crippen LogP contribution in [0.2, 0.25) is 0 Å². The molecular formula is C31H40N2O4. The van der Waals surface area contributed by atoms with Crippen LogP contribution in [-0.2, 0) is 37.4 Å². The predicted octanol–water partition coefficient (Wildman–Crippen LogP) is 4.73. The number of ether oxygens (including phenoxy) is 3. The van der Waals surface area contributed by atoms with E-state index < -0.39 is 5.54 Å². The minimum Gasteiger partial charge on any atom is -0.378 e. The number of carbonyl (C=O) groups excluding carboxylic acids is 1. The number of methoxy groups -OCH3 is 1. The molecule has 7 rings (SSSR count). The van der Waals surface area contributed by atoms with Crippen LogP contribution >= 0.6 is 0 Å². The van der Waals surface area contributed by atoms with Gasteiger partial charge in [-0.25, -0.2) is 4.99 Å². The van der Waals surface area contributed by atoms with Crippen LogP contribution in [0.25, 0.3) is 0 Å². The van der Waals surface area contributed by atoms with Gasteiger partial charge in [-0.2, -0.15) is 0 Å². The van der Waals surface area contributed by atoms with Gasteiger partial charge in [0.1, 0.15) is 5.84 Å². The molecule has 37 heavy (non-hydrogen) atoms. The van der Waals surface area contributed by atoms with Gasteiger partial charge in [-0.15, -0.1) is 0 Å². The molecule has 0 bridgehead atoms. The maximum Gasteiger partial charge on any atom is 0.261 e. The second kappa shape index (κ2) is 9.32. The molecular weight excluding hydrogens is 464 g/mol. The molecule has 1 aromatic rings. The van der Waals surface area contributed by atoms with Gasteiger partial charge < -0.3 is 14.2 Å². The first kappa shape index (κ1) is 24.1. The second-order valence-corrected chi connectivity index (χ2v) is 12.2. The largest absolute Gasteiger partial charge is 0.378 e. The Balaban J connectivity index is 1.30. The van der Waals surface area contributed by atoms with Gasteiger partial charge in [-0.1, -0.05) is 43.2 Å². The number of amidine groups is 1. The first-order valence-corrected chi connectivity index (χ1v) is 14.6. The summed E-state index contributed by atoms with van der Waals surface area (Å²) < 4.78 is 17.2. The van der Waals surface area contributed by atoms with E-state index in [0.29, 0.717) is 12.6 Å². The molecule has 2 spiro atoms. The third-order valence-corrected chi connectivity index (χ3v) is 9.96. The van der Waals surface area contributed by atoms with E-state index in [1.165, 1.54) is 30.4 Å². The molecule has 6 nitrogen and oxygen atoms in total. The van der Waals surface area contributed by atoms with Crippen LogP contribution in [-0.4, -0.2) is 61.8 Å². The third kappa shape index (κ3) is 4.02. The lowest BCUT2D eigenvalue weighted by Gasteiger charge is -2.42. The van der Waals surface area contributed by atoms with E-state index in [-0.39, 0.29) is 23.5 Å². The molecule has 3 fully saturated rings. The smallest absolute Gasteiger partial charge is 0.261 e. The van der Waals surface area contributed by atoms with E-state index in [2.05, 4.69) is 30.4 Å². The molecule has 3 aliphatic carbocycles. The lowest BCUT2D eigenvalue weighted by molar-refractivity contribution is -0.139. The molecule has 0 N–H and O–H groups in total. The molecule has 1 saturated carbocycles. The standard InChI is InChI=1S/C31H40N2O4/c1-35-24-10-14-30(15-11-24)19-23-7-6-22(5-4-21-2-3-21)18-27(23)31(30)29(34)33(20-26-13-17-37-26)28(32-31)9-8-25-12-16-36-25/h6-7,10,14,18,21,24-26H,2-5,8-9,11-13,15-17,19-20H2,1H3. The molecule has 0 radical (unpaired) electrons. The molecule has 6 heteroatoms. The summed E-state index contributed by atoms with van der Waals surface area (Å²) in [7, 11) is 1.78. The fraction of sp³-hybridized carbons (Fsp3) is 0.677. The van der Waals surface area contributed by atoms with Gasteiger partial charge in [-0.05, 0) is 74.0 Å². The molecule has 5 atom stereocenters.